The molecular formula is C18H21BrNO4P. The summed E-state index contributed by atoms with van der Waals surface area (Å²) < 4.78 is 25.0. The summed E-state index contributed by atoms with van der Waals surface area (Å²) in [4.78, 5) is 12.9. The topological polar surface area (TPSA) is 64.6 Å². The summed E-state index contributed by atoms with van der Waals surface area (Å²) in [6.07, 6.45) is 0. The maximum absolute atomic E-state index is 13.3. The minimum Gasteiger partial charge on any atom is -0.325 e. The fourth-order valence-electron chi connectivity index (χ4n) is 2.40. The van der Waals surface area contributed by atoms with Gasteiger partial charge in [-0.15, -0.1) is 0 Å². The number of hydrogen-bond acceptors (Lipinski definition) is 4. The van der Waals surface area contributed by atoms with Crippen LogP contribution in [0.3, 0.4) is 0 Å². The molecule has 0 saturated carbocycles. The summed E-state index contributed by atoms with van der Waals surface area (Å²) in [6, 6.07) is 16.1. The van der Waals surface area contributed by atoms with Crippen molar-refractivity contribution < 1.29 is 18.4 Å². The van der Waals surface area contributed by atoms with Crippen LogP contribution in [0.1, 0.15) is 25.1 Å². The SMILES string of the molecule is CCOP(=O)(OCC)C(C(=O)Nc1ccc(Br)cc1)c1ccccc1. The average molecular weight is 426 g/mol. The predicted molar refractivity (Wildman–Crippen MR) is 103 cm³/mol. The van der Waals surface area contributed by atoms with Gasteiger partial charge in [0.2, 0.25) is 5.91 Å². The Hall–Kier alpha value is -1.46. The van der Waals surface area contributed by atoms with Crippen LogP contribution in [0.4, 0.5) is 5.69 Å². The van der Waals surface area contributed by atoms with Gasteiger partial charge in [-0.3, -0.25) is 9.36 Å². The molecule has 134 valence electrons. The standard InChI is InChI=1S/C18H21BrNO4P/c1-3-23-25(22,24-4-2)17(14-8-6-5-7-9-14)18(21)20-16-12-10-15(19)11-13-16/h5-13,17H,3-4H2,1-2H3,(H,20,21). The van der Waals surface area contributed by atoms with Crippen LogP contribution in [0.5, 0.6) is 0 Å². The van der Waals surface area contributed by atoms with Crippen LogP contribution in [0.2, 0.25) is 0 Å². The molecule has 0 fully saturated rings. The van der Waals surface area contributed by atoms with E-state index < -0.39 is 19.2 Å². The average Bonchev–Trinajstić information content (AvgIpc) is 2.58. The number of nitrogens with one attached hydrogen (secondary N) is 1. The highest BCUT2D eigenvalue weighted by atomic mass is 79.9. The molecule has 1 unspecified atom stereocenters. The molecule has 1 N–H and O–H groups in total. The first-order chi connectivity index (χ1) is 12.0. The Labute approximate surface area is 156 Å². The van der Waals surface area contributed by atoms with Gasteiger partial charge < -0.3 is 14.4 Å². The maximum atomic E-state index is 13.3. The van der Waals surface area contributed by atoms with Crippen molar-refractivity contribution in [1.82, 2.24) is 0 Å². The molecule has 0 aliphatic carbocycles. The molecule has 5 nitrogen and oxygen atoms in total. The molecule has 25 heavy (non-hydrogen) atoms. The number of amides is 1. The third kappa shape index (κ3) is 5.25. The second-order valence-electron chi connectivity index (χ2n) is 5.18. The first kappa shape index (κ1) is 19.9. The largest absolute Gasteiger partial charge is 0.347 e. The summed E-state index contributed by atoms with van der Waals surface area (Å²) in [6.45, 7) is 3.82. The van der Waals surface area contributed by atoms with Crippen molar-refractivity contribution in [2.45, 2.75) is 19.5 Å². The smallest absolute Gasteiger partial charge is 0.325 e. The van der Waals surface area contributed by atoms with E-state index in [1.807, 2.05) is 18.2 Å². The third-order valence-corrected chi connectivity index (χ3v) is 6.34. The number of carbonyl (C=O) groups is 1. The van der Waals surface area contributed by atoms with E-state index in [1.165, 1.54) is 0 Å². The van der Waals surface area contributed by atoms with Gasteiger partial charge >= 0.3 is 7.60 Å². The van der Waals surface area contributed by atoms with Gasteiger partial charge in [0, 0.05) is 10.2 Å². The Morgan fingerprint density at radius 3 is 2.12 bits per heavy atom. The van der Waals surface area contributed by atoms with Crippen molar-refractivity contribution in [2.24, 2.45) is 0 Å². The van der Waals surface area contributed by atoms with Crippen molar-refractivity contribution in [3.8, 4) is 0 Å². The lowest BCUT2D eigenvalue weighted by atomic mass is 10.1. The van der Waals surface area contributed by atoms with E-state index >= 15 is 0 Å². The Kier molecular flexibility index (Phi) is 7.38. The number of benzene rings is 2. The molecule has 0 radical (unpaired) electrons. The minimum absolute atomic E-state index is 0.187. The molecule has 0 bridgehead atoms. The fourth-order valence-corrected chi connectivity index (χ4v) is 4.65. The first-order valence-corrected chi connectivity index (χ1v) is 10.4. The van der Waals surface area contributed by atoms with Crippen molar-refractivity contribution in [3.05, 3.63) is 64.6 Å². The molecule has 0 aliphatic rings. The summed E-state index contributed by atoms with van der Waals surface area (Å²) in [5.74, 6) is -0.432. The van der Waals surface area contributed by atoms with E-state index in [0.29, 0.717) is 11.3 Å². The molecule has 7 heteroatoms. The summed E-state index contributed by atoms with van der Waals surface area (Å²) in [5.41, 5.74) is 0.147. The third-order valence-electron chi connectivity index (χ3n) is 3.41. The Bertz CT molecular complexity index is 727. The quantitative estimate of drug-likeness (QED) is 0.575. The lowest BCUT2D eigenvalue weighted by Gasteiger charge is -2.26. The molecule has 0 aliphatic heterocycles. The molecular weight excluding hydrogens is 405 g/mol. The fraction of sp³-hybridized carbons (Fsp3) is 0.278. The Morgan fingerprint density at radius 2 is 1.60 bits per heavy atom. The molecule has 1 atom stereocenters. The molecule has 0 saturated heterocycles. The Morgan fingerprint density at radius 1 is 1.04 bits per heavy atom. The van der Waals surface area contributed by atoms with Crippen LogP contribution in [0, 0.1) is 0 Å². The molecule has 2 aromatic rings. The molecule has 0 heterocycles. The zero-order valence-corrected chi connectivity index (χ0v) is 16.6. The molecule has 0 aromatic heterocycles. The van der Waals surface area contributed by atoms with Gasteiger partial charge in [0.25, 0.3) is 0 Å². The lowest BCUT2D eigenvalue weighted by molar-refractivity contribution is -0.116. The van der Waals surface area contributed by atoms with Gasteiger partial charge in [-0.2, -0.15) is 0 Å². The van der Waals surface area contributed by atoms with Gasteiger partial charge in [0.05, 0.1) is 13.2 Å². The van der Waals surface area contributed by atoms with Gasteiger partial charge in [-0.1, -0.05) is 46.3 Å². The number of hydrogen-bond donors (Lipinski definition) is 1. The highest BCUT2D eigenvalue weighted by Crippen LogP contribution is 2.61. The molecule has 0 spiro atoms. The van der Waals surface area contributed by atoms with Crippen LogP contribution < -0.4 is 5.32 Å². The zero-order chi connectivity index (χ0) is 18.3. The van der Waals surface area contributed by atoms with Gasteiger partial charge in [0.15, 0.2) is 5.66 Å². The number of carbonyl (C=O) groups excluding carboxylic acids is 1. The van der Waals surface area contributed by atoms with Crippen molar-refractivity contribution in [1.29, 1.82) is 0 Å². The first-order valence-electron chi connectivity index (χ1n) is 8.00. The highest BCUT2D eigenvalue weighted by molar-refractivity contribution is 9.10. The van der Waals surface area contributed by atoms with Crippen LogP contribution in [-0.2, 0) is 18.4 Å². The predicted octanol–water partition coefficient (Wildman–Crippen LogP) is 5.40. The molecule has 2 rings (SSSR count). The van der Waals surface area contributed by atoms with E-state index in [0.717, 1.165) is 4.47 Å². The van der Waals surface area contributed by atoms with Crippen LogP contribution >= 0.6 is 23.5 Å². The number of rotatable bonds is 8. The van der Waals surface area contributed by atoms with E-state index in [4.69, 9.17) is 9.05 Å². The van der Waals surface area contributed by atoms with Gasteiger partial charge in [-0.05, 0) is 43.7 Å². The normalized spacial score (nSPS) is 12.6. The second kappa shape index (κ2) is 9.30. The summed E-state index contributed by atoms with van der Waals surface area (Å²) in [5, 5.41) is 2.80. The second-order valence-corrected chi connectivity index (χ2v) is 8.21. The monoisotopic (exact) mass is 425 g/mol. The highest BCUT2D eigenvalue weighted by Gasteiger charge is 2.42. The van der Waals surface area contributed by atoms with E-state index in [2.05, 4.69) is 21.2 Å². The van der Waals surface area contributed by atoms with Crippen molar-refractivity contribution in [3.63, 3.8) is 0 Å². The van der Waals surface area contributed by atoms with E-state index in [-0.39, 0.29) is 13.2 Å². The summed E-state index contributed by atoms with van der Waals surface area (Å²) in [7, 11) is -3.68. The van der Waals surface area contributed by atoms with Crippen molar-refractivity contribution >= 4 is 35.1 Å². The van der Waals surface area contributed by atoms with Crippen LogP contribution in [-0.4, -0.2) is 19.1 Å². The van der Waals surface area contributed by atoms with Gasteiger partial charge in [0.1, 0.15) is 0 Å². The van der Waals surface area contributed by atoms with Crippen LogP contribution in [0.15, 0.2) is 59.1 Å². The van der Waals surface area contributed by atoms with Gasteiger partial charge in [-0.25, -0.2) is 0 Å². The number of halogens is 1. The lowest BCUT2D eigenvalue weighted by Crippen LogP contribution is -2.23. The molecule has 1 amide bonds. The minimum atomic E-state index is -3.68. The van der Waals surface area contributed by atoms with E-state index in [9.17, 15) is 9.36 Å². The van der Waals surface area contributed by atoms with Crippen molar-refractivity contribution in [2.75, 3.05) is 18.5 Å². The summed E-state index contributed by atoms with van der Waals surface area (Å²) >= 11 is 3.35. The van der Waals surface area contributed by atoms with E-state index in [1.54, 1.807) is 50.2 Å². The Balaban J connectivity index is 2.38. The maximum Gasteiger partial charge on any atom is 0.347 e. The molecule has 2 aromatic carbocycles. The number of anilines is 1. The van der Waals surface area contributed by atoms with Crippen LogP contribution in [0.25, 0.3) is 0 Å². The zero-order valence-electron chi connectivity index (χ0n) is 14.1.